The number of carbonyl (C=O) groups excluding carboxylic acids is 1. The van der Waals surface area contributed by atoms with Gasteiger partial charge in [0.15, 0.2) is 10.8 Å². The molecular formula is C20H32N6O2S. The van der Waals surface area contributed by atoms with Crippen molar-refractivity contribution in [1.82, 2.24) is 25.1 Å². The Morgan fingerprint density at radius 2 is 2.10 bits per heavy atom. The van der Waals surface area contributed by atoms with Crippen LogP contribution >= 0.6 is 11.8 Å². The molecule has 0 spiro atoms. The van der Waals surface area contributed by atoms with Gasteiger partial charge in [0.05, 0.1) is 24.7 Å². The second kappa shape index (κ2) is 11.3. The first-order valence-electron chi connectivity index (χ1n) is 10.7. The quantitative estimate of drug-likeness (QED) is 0.310. The molecule has 0 atom stereocenters. The molecule has 1 amide bonds. The third-order valence-electron chi connectivity index (χ3n) is 5.09. The Balaban J connectivity index is 1.62. The lowest BCUT2D eigenvalue weighted by Gasteiger charge is -2.11. The van der Waals surface area contributed by atoms with Crippen LogP contribution < -0.4 is 10.6 Å². The number of anilines is 1. The van der Waals surface area contributed by atoms with Crippen molar-refractivity contribution in [3.05, 3.63) is 6.20 Å². The Morgan fingerprint density at radius 1 is 1.28 bits per heavy atom. The van der Waals surface area contributed by atoms with Gasteiger partial charge < -0.3 is 15.4 Å². The van der Waals surface area contributed by atoms with Crippen LogP contribution in [0, 0.1) is 5.92 Å². The van der Waals surface area contributed by atoms with Crippen LogP contribution in [0.1, 0.15) is 46.0 Å². The second-order valence-electron chi connectivity index (χ2n) is 7.22. The molecule has 0 aliphatic heterocycles. The standard InChI is InChI=1S/C20H32N6O2S/c1-3-28-12-10-22-18-16-14-23-26(19(16)25-20(24-18)29-4-2)11-9-21-17(27)13-15-7-5-6-8-15/h14-15H,3-13H2,1-2H3,(H,21,27)(H,22,24,25). The lowest BCUT2D eigenvalue weighted by atomic mass is 10.0. The Hall–Kier alpha value is -1.87. The highest BCUT2D eigenvalue weighted by molar-refractivity contribution is 7.99. The molecule has 2 heterocycles. The van der Waals surface area contributed by atoms with Crippen molar-refractivity contribution in [2.24, 2.45) is 5.92 Å². The fourth-order valence-electron chi connectivity index (χ4n) is 3.66. The van der Waals surface area contributed by atoms with E-state index in [0.717, 1.165) is 27.8 Å². The van der Waals surface area contributed by atoms with E-state index in [1.54, 1.807) is 18.0 Å². The first kappa shape index (κ1) is 21.8. The molecule has 0 radical (unpaired) electrons. The summed E-state index contributed by atoms with van der Waals surface area (Å²) in [4.78, 5) is 21.5. The number of nitrogens with zero attached hydrogens (tertiary/aromatic N) is 4. The zero-order valence-electron chi connectivity index (χ0n) is 17.4. The van der Waals surface area contributed by atoms with E-state index in [9.17, 15) is 4.79 Å². The lowest BCUT2D eigenvalue weighted by molar-refractivity contribution is -0.122. The van der Waals surface area contributed by atoms with Crippen LogP contribution in [0.4, 0.5) is 5.82 Å². The van der Waals surface area contributed by atoms with E-state index in [1.807, 2.05) is 11.6 Å². The van der Waals surface area contributed by atoms with Crippen LogP contribution in [0.2, 0.25) is 0 Å². The van der Waals surface area contributed by atoms with Gasteiger partial charge in [0, 0.05) is 26.1 Å². The minimum absolute atomic E-state index is 0.142. The van der Waals surface area contributed by atoms with Crippen LogP contribution in [0.5, 0.6) is 0 Å². The average molecular weight is 421 g/mol. The number of rotatable bonds is 12. The minimum Gasteiger partial charge on any atom is -0.380 e. The van der Waals surface area contributed by atoms with Crippen LogP contribution in [-0.4, -0.2) is 57.7 Å². The van der Waals surface area contributed by atoms with E-state index in [2.05, 4.69) is 32.6 Å². The van der Waals surface area contributed by atoms with E-state index in [4.69, 9.17) is 4.74 Å². The molecule has 1 fully saturated rings. The highest BCUT2D eigenvalue weighted by atomic mass is 32.2. The maximum atomic E-state index is 12.2. The molecule has 0 saturated heterocycles. The number of carbonyl (C=O) groups is 1. The summed E-state index contributed by atoms with van der Waals surface area (Å²) in [6.45, 7) is 7.20. The molecule has 0 aromatic carbocycles. The molecule has 29 heavy (non-hydrogen) atoms. The largest absolute Gasteiger partial charge is 0.380 e. The SMILES string of the molecule is CCOCCNc1nc(SCC)nc2c1cnn2CCNC(=O)CC1CCCC1. The molecule has 1 saturated carbocycles. The van der Waals surface area contributed by atoms with Crippen molar-refractivity contribution in [1.29, 1.82) is 0 Å². The molecule has 2 aromatic rings. The molecule has 2 N–H and O–H groups in total. The molecular weight excluding hydrogens is 388 g/mol. The van der Waals surface area contributed by atoms with Crippen LogP contribution in [-0.2, 0) is 16.1 Å². The number of fused-ring (bicyclic) bond motifs is 1. The van der Waals surface area contributed by atoms with Gasteiger partial charge in [0.25, 0.3) is 0 Å². The first-order chi connectivity index (χ1) is 14.2. The zero-order valence-corrected chi connectivity index (χ0v) is 18.3. The number of amides is 1. The van der Waals surface area contributed by atoms with Crippen LogP contribution in [0.15, 0.2) is 11.4 Å². The van der Waals surface area contributed by atoms with Gasteiger partial charge in [0.2, 0.25) is 5.91 Å². The summed E-state index contributed by atoms with van der Waals surface area (Å²) in [6.07, 6.45) is 7.33. The van der Waals surface area contributed by atoms with Gasteiger partial charge in [-0.15, -0.1) is 0 Å². The topological polar surface area (TPSA) is 94.0 Å². The number of thioether (sulfide) groups is 1. The number of ether oxygens (including phenoxy) is 1. The Bertz CT molecular complexity index is 791. The van der Waals surface area contributed by atoms with Gasteiger partial charge in [-0.3, -0.25) is 4.79 Å². The summed E-state index contributed by atoms with van der Waals surface area (Å²) in [6, 6.07) is 0. The monoisotopic (exact) mass is 420 g/mol. The van der Waals surface area contributed by atoms with Crippen LogP contribution in [0.25, 0.3) is 11.0 Å². The summed E-state index contributed by atoms with van der Waals surface area (Å²) in [5.41, 5.74) is 0.792. The Kier molecular flexibility index (Phi) is 8.54. The Morgan fingerprint density at radius 3 is 2.86 bits per heavy atom. The summed E-state index contributed by atoms with van der Waals surface area (Å²) >= 11 is 1.60. The van der Waals surface area contributed by atoms with Crippen molar-refractivity contribution in [2.75, 3.05) is 37.4 Å². The highest BCUT2D eigenvalue weighted by Crippen LogP contribution is 2.27. The highest BCUT2D eigenvalue weighted by Gasteiger charge is 2.18. The number of hydrogen-bond acceptors (Lipinski definition) is 7. The molecule has 0 unspecified atom stereocenters. The molecule has 1 aliphatic rings. The van der Waals surface area contributed by atoms with Crippen molar-refractivity contribution >= 4 is 34.5 Å². The van der Waals surface area contributed by atoms with Gasteiger partial charge in [-0.2, -0.15) is 5.10 Å². The predicted molar refractivity (Wildman–Crippen MR) is 116 cm³/mol. The van der Waals surface area contributed by atoms with Crippen molar-refractivity contribution < 1.29 is 9.53 Å². The molecule has 0 bridgehead atoms. The third-order valence-corrected chi connectivity index (χ3v) is 5.82. The third kappa shape index (κ3) is 6.30. The van der Waals surface area contributed by atoms with E-state index >= 15 is 0 Å². The Labute approximate surface area is 176 Å². The van der Waals surface area contributed by atoms with Gasteiger partial charge in [0.1, 0.15) is 5.82 Å². The summed E-state index contributed by atoms with van der Waals surface area (Å²) in [7, 11) is 0. The maximum Gasteiger partial charge on any atom is 0.220 e. The molecule has 2 aromatic heterocycles. The molecule has 9 heteroatoms. The number of nitrogens with one attached hydrogen (secondary N) is 2. The molecule has 8 nitrogen and oxygen atoms in total. The van der Waals surface area contributed by atoms with Crippen molar-refractivity contribution in [2.45, 2.75) is 57.7 Å². The molecule has 1 aliphatic carbocycles. The predicted octanol–water partition coefficient (Wildman–Crippen LogP) is 3.08. The lowest BCUT2D eigenvalue weighted by Crippen LogP contribution is -2.28. The molecule has 3 rings (SSSR count). The summed E-state index contributed by atoms with van der Waals surface area (Å²) in [5.74, 6) is 2.38. The smallest absolute Gasteiger partial charge is 0.220 e. The summed E-state index contributed by atoms with van der Waals surface area (Å²) < 4.78 is 7.25. The maximum absolute atomic E-state index is 12.2. The fraction of sp³-hybridized carbons (Fsp3) is 0.700. The van der Waals surface area contributed by atoms with Gasteiger partial charge in [-0.25, -0.2) is 14.6 Å². The molecule has 160 valence electrons. The van der Waals surface area contributed by atoms with Gasteiger partial charge >= 0.3 is 0 Å². The number of hydrogen-bond donors (Lipinski definition) is 2. The zero-order chi connectivity index (χ0) is 20.5. The van der Waals surface area contributed by atoms with Gasteiger partial charge in [-0.1, -0.05) is 31.5 Å². The van der Waals surface area contributed by atoms with Crippen LogP contribution in [0.3, 0.4) is 0 Å². The minimum atomic E-state index is 0.142. The number of aromatic nitrogens is 4. The van der Waals surface area contributed by atoms with E-state index in [1.165, 1.54) is 25.7 Å². The van der Waals surface area contributed by atoms with E-state index in [0.29, 0.717) is 45.2 Å². The first-order valence-corrected chi connectivity index (χ1v) is 11.6. The average Bonchev–Trinajstić information content (AvgIpc) is 3.36. The van der Waals surface area contributed by atoms with Crippen molar-refractivity contribution in [3.8, 4) is 0 Å². The fourth-order valence-corrected chi connectivity index (χ4v) is 4.23. The van der Waals surface area contributed by atoms with E-state index in [-0.39, 0.29) is 5.91 Å². The summed E-state index contributed by atoms with van der Waals surface area (Å²) in [5, 5.41) is 12.5. The van der Waals surface area contributed by atoms with Gasteiger partial charge in [-0.05, 0) is 31.4 Å². The van der Waals surface area contributed by atoms with Crippen molar-refractivity contribution in [3.63, 3.8) is 0 Å². The second-order valence-corrected chi connectivity index (χ2v) is 8.45. The normalized spacial score (nSPS) is 14.6. The van der Waals surface area contributed by atoms with E-state index < -0.39 is 0 Å².